The molecular weight excluding hydrogens is 234 g/mol. The van der Waals surface area contributed by atoms with Crippen molar-refractivity contribution < 1.29 is 8.42 Å². The number of rotatable bonds is 3. The molecule has 0 aliphatic heterocycles. The van der Waals surface area contributed by atoms with Gasteiger partial charge in [0.1, 0.15) is 0 Å². The van der Waals surface area contributed by atoms with Crippen molar-refractivity contribution in [1.29, 1.82) is 0 Å². The van der Waals surface area contributed by atoms with Gasteiger partial charge < -0.3 is 5.32 Å². The van der Waals surface area contributed by atoms with Gasteiger partial charge in [-0.05, 0) is 18.2 Å². The van der Waals surface area contributed by atoms with Crippen LogP contribution in [0.1, 0.15) is 0 Å². The quantitative estimate of drug-likeness (QED) is 0.824. The van der Waals surface area contributed by atoms with E-state index in [1.54, 1.807) is 6.07 Å². The summed E-state index contributed by atoms with van der Waals surface area (Å²) in [5.41, 5.74) is 0.627. The minimum absolute atomic E-state index is 0.193. The number of nitrogens with one attached hydrogen (secondary N) is 1. The van der Waals surface area contributed by atoms with Crippen molar-refractivity contribution in [3.8, 4) is 12.3 Å². The minimum Gasteiger partial charge on any atom is -0.373 e. The molecule has 1 aromatic carbocycles. The molecule has 0 fully saturated rings. The average molecular weight is 244 g/mol. The first-order valence-corrected chi connectivity index (χ1v) is 6.39. The Kier molecular flexibility index (Phi) is 3.61. The lowest BCUT2D eigenvalue weighted by molar-refractivity contribution is 0.602. The second kappa shape index (κ2) is 4.56. The van der Waals surface area contributed by atoms with E-state index >= 15 is 0 Å². The molecule has 0 atom stereocenters. The molecule has 1 aromatic rings. The highest BCUT2D eigenvalue weighted by atomic mass is 35.5. The summed E-state index contributed by atoms with van der Waals surface area (Å²) in [5, 5.41) is 3.22. The van der Waals surface area contributed by atoms with Crippen LogP contribution < -0.4 is 5.32 Å². The predicted molar refractivity (Wildman–Crippen MR) is 61.9 cm³/mol. The molecule has 80 valence electrons. The summed E-state index contributed by atoms with van der Waals surface area (Å²) in [6.45, 7) is 0.345. The van der Waals surface area contributed by atoms with Crippen molar-refractivity contribution in [1.82, 2.24) is 0 Å². The van der Waals surface area contributed by atoms with Gasteiger partial charge in [-0.3, -0.25) is 0 Å². The van der Waals surface area contributed by atoms with E-state index in [9.17, 15) is 8.42 Å². The lowest BCUT2D eigenvalue weighted by atomic mass is 10.3. The largest absolute Gasteiger partial charge is 0.373 e. The Balaban J connectivity index is 3.05. The van der Waals surface area contributed by atoms with Crippen LogP contribution in [0.2, 0.25) is 5.02 Å². The van der Waals surface area contributed by atoms with E-state index in [1.807, 2.05) is 0 Å². The zero-order chi connectivity index (χ0) is 11.5. The van der Waals surface area contributed by atoms with Crippen LogP contribution in [-0.4, -0.2) is 21.2 Å². The second-order valence-corrected chi connectivity index (χ2v) is 5.39. The molecule has 0 aromatic heterocycles. The van der Waals surface area contributed by atoms with Crippen molar-refractivity contribution in [2.75, 3.05) is 18.1 Å². The van der Waals surface area contributed by atoms with Gasteiger partial charge in [0.15, 0.2) is 9.84 Å². The third-order valence-corrected chi connectivity index (χ3v) is 3.17. The summed E-state index contributed by atoms with van der Waals surface area (Å²) in [7, 11) is -3.22. The predicted octanol–water partition coefficient (Wildman–Crippen LogP) is 1.79. The maximum atomic E-state index is 11.2. The summed E-state index contributed by atoms with van der Waals surface area (Å²) < 4.78 is 22.4. The fourth-order valence-electron chi connectivity index (χ4n) is 1.02. The number of terminal acetylenes is 1. The van der Waals surface area contributed by atoms with Gasteiger partial charge in [0.2, 0.25) is 0 Å². The van der Waals surface area contributed by atoms with Crippen LogP contribution in [0, 0.1) is 12.3 Å². The highest BCUT2D eigenvalue weighted by molar-refractivity contribution is 7.90. The number of benzene rings is 1. The molecule has 0 bridgehead atoms. The highest BCUT2D eigenvalue weighted by Crippen LogP contribution is 2.24. The van der Waals surface area contributed by atoms with Crippen LogP contribution in [0.4, 0.5) is 5.69 Å². The first-order valence-electron chi connectivity index (χ1n) is 4.12. The van der Waals surface area contributed by atoms with Gasteiger partial charge >= 0.3 is 0 Å². The molecular formula is C10H10ClNO2S. The van der Waals surface area contributed by atoms with Crippen LogP contribution in [-0.2, 0) is 9.84 Å². The Hall–Kier alpha value is -1.18. The topological polar surface area (TPSA) is 46.2 Å². The monoisotopic (exact) mass is 243 g/mol. The average Bonchev–Trinajstić information content (AvgIpc) is 2.14. The van der Waals surface area contributed by atoms with Crippen molar-refractivity contribution in [3.63, 3.8) is 0 Å². The Morgan fingerprint density at radius 3 is 2.67 bits per heavy atom. The lowest BCUT2D eigenvalue weighted by Gasteiger charge is -2.06. The summed E-state index contributed by atoms with van der Waals surface area (Å²) in [6.07, 6.45) is 6.21. The van der Waals surface area contributed by atoms with Gasteiger partial charge in [-0.1, -0.05) is 17.5 Å². The standard InChI is InChI=1S/C10H10ClNO2S/c1-3-6-12-10-5-4-8(7-9(10)11)15(2,13)14/h1,4-5,7,12H,6H2,2H3. The third kappa shape index (κ3) is 3.15. The van der Waals surface area contributed by atoms with E-state index in [0.29, 0.717) is 17.3 Å². The zero-order valence-corrected chi connectivity index (χ0v) is 9.69. The van der Waals surface area contributed by atoms with E-state index < -0.39 is 9.84 Å². The molecule has 0 aliphatic carbocycles. The minimum atomic E-state index is -3.22. The van der Waals surface area contributed by atoms with Gasteiger partial charge in [0.25, 0.3) is 0 Å². The first-order chi connectivity index (χ1) is 6.95. The number of hydrogen-bond acceptors (Lipinski definition) is 3. The first kappa shape index (κ1) is 11.9. The number of anilines is 1. The van der Waals surface area contributed by atoms with Gasteiger partial charge in [-0.25, -0.2) is 8.42 Å². The normalized spacial score (nSPS) is 10.7. The van der Waals surface area contributed by atoms with E-state index in [1.165, 1.54) is 12.1 Å². The van der Waals surface area contributed by atoms with E-state index in [-0.39, 0.29) is 4.90 Å². The summed E-state index contributed by atoms with van der Waals surface area (Å²) >= 11 is 5.88. The van der Waals surface area contributed by atoms with Crippen LogP contribution in [0.5, 0.6) is 0 Å². The van der Waals surface area contributed by atoms with Crippen LogP contribution in [0.15, 0.2) is 23.1 Å². The van der Waals surface area contributed by atoms with Crippen LogP contribution in [0.3, 0.4) is 0 Å². The fourth-order valence-corrected chi connectivity index (χ4v) is 1.98. The van der Waals surface area contributed by atoms with Crippen LogP contribution in [0.25, 0.3) is 0 Å². The number of halogens is 1. The fraction of sp³-hybridized carbons (Fsp3) is 0.200. The molecule has 0 radical (unpaired) electrons. The molecule has 0 aliphatic rings. The van der Waals surface area contributed by atoms with Crippen molar-refractivity contribution in [2.24, 2.45) is 0 Å². The molecule has 0 unspecified atom stereocenters. The lowest BCUT2D eigenvalue weighted by Crippen LogP contribution is -2.01. The maximum Gasteiger partial charge on any atom is 0.175 e. The summed E-state index contributed by atoms with van der Waals surface area (Å²) in [5.74, 6) is 2.40. The Morgan fingerprint density at radius 2 is 2.20 bits per heavy atom. The SMILES string of the molecule is C#CCNc1ccc(S(C)(=O)=O)cc1Cl. The van der Waals surface area contributed by atoms with E-state index in [4.69, 9.17) is 18.0 Å². The molecule has 0 amide bonds. The smallest absolute Gasteiger partial charge is 0.175 e. The van der Waals surface area contributed by atoms with Gasteiger partial charge in [-0.2, -0.15) is 0 Å². The van der Waals surface area contributed by atoms with Crippen molar-refractivity contribution in [2.45, 2.75) is 4.90 Å². The Morgan fingerprint density at radius 1 is 1.53 bits per heavy atom. The molecule has 0 heterocycles. The second-order valence-electron chi connectivity index (χ2n) is 2.97. The Labute approximate surface area is 94.4 Å². The molecule has 1 N–H and O–H groups in total. The van der Waals surface area contributed by atoms with E-state index in [2.05, 4.69) is 11.2 Å². The van der Waals surface area contributed by atoms with Gasteiger partial charge in [0.05, 0.1) is 22.2 Å². The molecule has 0 saturated carbocycles. The van der Waals surface area contributed by atoms with Crippen molar-refractivity contribution >= 4 is 27.1 Å². The summed E-state index contributed by atoms with van der Waals surface area (Å²) in [4.78, 5) is 0.193. The third-order valence-electron chi connectivity index (χ3n) is 1.75. The van der Waals surface area contributed by atoms with Gasteiger partial charge in [-0.15, -0.1) is 6.42 Å². The molecule has 0 spiro atoms. The van der Waals surface area contributed by atoms with Crippen LogP contribution >= 0.6 is 11.6 Å². The van der Waals surface area contributed by atoms with E-state index in [0.717, 1.165) is 6.26 Å². The number of sulfone groups is 1. The number of hydrogen-bond donors (Lipinski definition) is 1. The zero-order valence-electron chi connectivity index (χ0n) is 8.12. The molecule has 5 heteroatoms. The molecule has 15 heavy (non-hydrogen) atoms. The summed E-state index contributed by atoms with van der Waals surface area (Å²) in [6, 6.07) is 4.48. The molecule has 3 nitrogen and oxygen atoms in total. The molecule has 0 saturated heterocycles. The van der Waals surface area contributed by atoms with Crippen molar-refractivity contribution in [3.05, 3.63) is 23.2 Å². The Bertz CT molecular complexity index is 503. The maximum absolute atomic E-state index is 11.2. The van der Waals surface area contributed by atoms with Gasteiger partial charge in [0, 0.05) is 6.26 Å². The highest BCUT2D eigenvalue weighted by Gasteiger charge is 2.09. The molecule has 1 rings (SSSR count).